The van der Waals surface area contributed by atoms with Crippen LogP contribution in [0.1, 0.15) is 0 Å². The van der Waals surface area contributed by atoms with E-state index in [0.29, 0.717) is 0 Å². The summed E-state index contributed by atoms with van der Waals surface area (Å²) in [4.78, 5) is 10.4. The minimum atomic E-state index is -3.44. The molecule has 5 heteroatoms. The summed E-state index contributed by atoms with van der Waals surface area (Å²) in [6.07, 6.45) is 0. The summed E-state index contributed by atoms with van der Waals surface area (Å²) in [7, 11) is -3.44. The van der Waals surface area contributed by atoms with Crippen LogP contribution in [-0.4, -0.2) is 14.4 Å². The molecule has 10 rings (SSSR count). The average Bonchev–Trinajstić information content (AvgIpc) is 3.54. The summed E-state index contributed by atoms with van der Waals surface area (Å²) in [5.41, 5.74) is 5.39. The molecule has 0 aliphatic heterocycles. The second kappa shape index (κ2) is 9.83. The number of imidazole rings is 1. The third-order valence-corrected chi connectivity index (χ3v) is 12.7. The number of hydrogen-bond donors (Lipinski definition) is 0. The highest BCUT2D eigenvalue weighted by molar-refractivity contribution is 7.85. The predicted octanol–water partition coefficient (Wildman–Crippen LogP) is 9.29. The van der Waals surface area contributed by atoms with Crippen LogP contribution >= 0.6 is 7.14 Å². The van der Waals surface area contributed by atoms with Crippen LogP contribution in [0.4, 0.5) is 0 Å². The maximum atomic E-state index is 16.3. The van der Waals surface area contributed by atoms with Crippen molar-refractivity contribution in [2.24, 2.45) is 0 Å². The maximum absolute atomic E-state index is 16.3. The Labute approximate surface area is 269 Å². The van der Waals surface area contributed by atoms with Gasteiger partial charge >= 0.3 is 0 Å². The normalized spacial score (nSPS) is 13.4. The van der Waals surface area contributed by atoms with Gasteiger partial charge in [-0.1, -0.05) is 121 Å². The zero-order valence-electron chi connectivity index (χ0n) is 25.2. The highest BCUT2D eigenvalue weighted by Gasteiger charge is 2.33. The number of para-hydroxylation sites is 3. The molecule has 10 aromatic rings. The molecule has 0 radical (unpaired) electrons. The Morgan fingerprint density at radius 2 is 1.17 bits per heavy atom. The molecule has 4 nitrogen and oxygen atoms in total. The van der Waals surface area contributed by atoms with Gasteiger partial charge in [-0.15, -0.1) is 0 Å². The van der Waals surface area contributed by atoms with E-state index in [-0.39, 0.29) is 0 Å². The summed E-state index contributed by atoms with van der Waals surface area (Å²) >= 11 is 0. The second-order valence-corrected chi connectivity index (χ2v) is 14.9. The van der Waals surface area contributed by atoms with Gasteiger partial charge in [0.05, 0.1) is 27.6 Å². The van der Waals surface area contributed by atoms with Crippen LogP contribution in [0.15, 0.2) is 158 Å². The number of fused-ring (bicyclic) bond motifs is 12. The first kappa shape index (κ1) is 26.4. The molecular weight excluding hydrogens is 593 g/mol. The van der Waals surface area contributed by atoms with Crippen molar-refractivity contribution in [2.75, 3.05) is 0 Å². The average molecular weight is 620 g/mol. The van der Waals surface area contributed by atoms with E-state index < -0.39 is 7.14 Å². The van der Waals surface area contributed by atoms with Crippen molar-refractivity contribution in [1.82, 2.24) is 14.4 Å². The Morgan fingerprint density at radius 3 is 2.06 bits per heavy atom. The van der Waals surface area contributed by atoms with Gasteiger partial charge in [0.2, 0.25) is 0 Å². The Bertz CT molecular complexity index is 2950. The van der Waals surface area contributed by atoms with E-state index in [1.807, 2.05) is 78.9 Å². The molecule has 0 fully saturated rings. The summed E-state index contributed by atoms with van der Waals surface area (Å²) in [5.74, 6) is 0. The van der Waals surface area contributed by atoms with Gasteiger partial charge in [-0.3, -0.25) is 4.40 Å². The highest BCUT2D eigenvalue weighted by atomic mass is 31.2. The molecule has 1 unspecified atom stereocenters. The van der Waals surface area contributed by atoms with E-state index in [0.717, 1.165) is 76.1 Å². The van der Waals surface area contributed by atoms with Crippen LogP contribution in [0.3, 0.4) is 0 Å². The fourth-order valence-electron chi connectivity index (χ4n) is 7.41. The fourth-order valence-corrected chi connectivity index (χ4v) is 10.3. The van der Waals surface area contributed by atoms with Gasteiger partial charge in [0.1, 0.15) is 5.65 Å². The molecule has 0 N–H and O–H groups in total. The van der Waals surface area contributed by atoms with Gasteiger partial charge < -0.3 is 4.57 Å². The van der Waals surface area contributed by atoms with Crippen molar-refractivity contribution in [1.29, 1.82) is 0 Å². The van der Waals surface area contributed by atoms with E-state index >= 15 is 4.57 Å². The molecule has 220 valence electrons. The van der Waals surface area contributed by atoms with Gasteiger partial charge in [-0.05, 0) is 57.9 Å². The zero-order chi connectivity index (χ0) is 31.1. The van der Waals surface area contributed by atoms with Crippen LogP contribution < -0.4 is 15.9 Å². The standard InChI is InChI=1S/C42H26N3OP/c46-47(30-13-2-1-3-14-30,31-23-24-33-28(25-31)22-21-27-11-4-6-15-32(27)33)39-20-10-19-38-40(39)41-34(26-29-12-5-7-16-35(29)43-41)42-44-36-17-8-9-18-37(36)45(38)42/h1-26H. The smallest absolute Gasteiger partial charge is 0.171 e. The minimum absolute atomic E-state index is 0.772. The summed E-state index contributed by atoms with van der Waals surface area (Å²) in [5, 5.41) is 9.80. The predicted molar refractivity (Wildman–Crippen MR) is 197 cm³/mol. The number of pyridine rings is 2. The van der Waals surface area contributed by atoms with E-state index in [9.17, 15) is 0 Å². The molecule has 0 bridgehead atoms. The van der Waals surface area contributed by atoms with Gasteiger partial charge in [-0.25, -0.2) is 9.97 Å². The Balaban J connectivity index is 1.39. The number of nitrogens with zero attached hydrogens (tertiary/aromatic N) is 3. The number of rotatable bonds is 3. The molecule has 47 heavy (non-hydrogen) atoms. The lowest BCUT2D eigenvalue weighted by atomic mass is 10.0. The lowest BCUT2D eigenvalue weighted by Gasteiger charge is -2.23. The van der Waals surface area contributed by atoms with Crippen LogP contribution in [0.2, 0.25) is 0 Å². The lowest BCUT2D eigenvalue weighted by Crippen LogP contribution is -2.26. The van der Waals surface area contributed by atoms with Crippen molar-refractivity contribution in [3.63, 3.8) is 0 Å². The molecule has 0 saturated heterocycles. The molecule has 7 aromatic carbocycles. The second-order valence-electron chi connectivity index (χ2n) is 12.1. The van der Waals surface area contributed by atoms with Crippen molar-refractivity contribution >= 4 is 94.0 Å². The first-order valence-corrected chi connectivity index (χ1v) is 17.5. The third-order valence-electron chi connectivity index (χ3n) is 9.58. The summed E-state index contributed by atoms with van der Waals surface area (Å²) in [6, 6.07) is 53.8. The van der Waals surface area contributed by atoms with E-state index in [1.165, 1.54) is 10.8 Å². The molecule has 0 aliphatic rings. The molecule has 0 spiro atoms. The minimum Gasteiger partial charge on any atom is -0.309 e. The SMILES string of the molecule is O=P(c1ccccc1)(c1ccc2c(ccc3ccccc32)c1)c1cccc2c1c1nc3ccccc3cc1c1nc3ccccc3n21. The Kier molecular flexibility index (Phi) is 5.52. The van der Waals surface area contributed by atoms with Gasteiger partial charge in [0.15, 0.2) is 7.14 Å². The van der Waals surface area contributed by atoms with E-state index in [2.05, 4.69) is 83.3 Å². The van der Waals surface area contributed by atoms with Crippen molar-refractivity contribution in [3.8, 4) is 0 Å². The molecule has 0 saturated carbocycles. The summed E-state index contributed by atoms with van der Waals surface area (Å²) < 4.78 is 18.5. The van der Waals surface area contributed by atoms with Gasteiger partial charge in [0, 0.05) is 32.1 Å². The van der Waals surface area contributed by atoms with Gasteiger partial charge in [-0.2, -0.15) is 0 Å². The first-order chi connectivity index (χ1) is 23.2. The largest absolute Gasteiger partial charge is 0.309 e. The van der Waals surface area contributed by atoms with Crippen molar-refractivity contribution in [3.05, 3.63) is 158 Å². The quantitative estimate of drug-likeness (QED) is 0.113. The molecule has 0 amide bonds. The van der Waals surface area contributed by atoms with Crippen molar-refractivity contribution in [2.45, 2.75) is 0 Å². The van der Waals surface area contributed by atoms with Crippen LogP contribution in [0.5, 0.6) is 0 Å². The number of hydrogen-bond acceptors (Lipinski definition) is 3. The van der Waals surface area contributed by atoms with Crippen LogP contribution in [0.25, 0.3) is 70.9 Å². The van der Waals surface area contributed by atoms with Crippen LogP contribution in [-0.2, 0) is 4.57 Å². The molecule has 0 aliphatic carbocycles. The molecule has 1 atom stereocenters. The Morgan fingerprint density at radius 1 is 0.468 bits per heavy atom. The van der Waals surface area contributed by atoms with Crippen LogP contribution in [0, 0.1) is 0 Å². The zero-order valence-corrected chi connectivity index (χ0v) is 26.1. The number of benzene rings is 7. The first-order valence-electron chi connectivity index (χ1n) is 15.8. The molecule has 3 aromatic heterocycles. The maximum Gasteiger partial charge on any atom is 0.171 e. The third kappa shape index (κ3) is 3.74. The van der Waals surface area contributed by atoms with E-state index in [1.54, 1.807) is 0 Å². The molecular formula is C42H26N3OP. The number of aromatic nitrogens is 3. The van der Waals surface area contributed by atoms with Gasteiger partial charge in [0.25, 0.3) is 0 Å². The molecule has 3 heterocycles. The topological polar surface area (TPSA) is 47.3 Å². The monoisotopic (exact) mass is 619 g/mol. The van der Waals surface area contributed by atoms with Crippen molar-refractivity contribution < 1.29 is 4.57 Å². The summed E-state index contributed by atoms with van der Waals surface area (Å²) in [6.45, 7) is 0. The highest BCUT2D eigenvalue weighted by Crippen LogP contribution is 2.47. The lowest BCUT2D eigenvalue weighted by molar-refractivity contribution is 0.592. The van der Waals surface area contributed by atoms with E-state index in [4.69, 9.17) is 9.97 Å². The fraction of sp³-hybridized carbons (Fsp3) is 0. The Hall–Kier alpha value is -5.83.